The van der Waals surface area contributed by atoms with Crippen LogP contribution in [0.1, 0.15) is 88.0 Å². The Balaban J connectivity index is 1.09. The number of carbonyl (C=O) groups is 2. The molecule has 0 saturated carbocycles. The molecule has 3 aromatic carbocycles. The Morgan fingerprint density at radius 1 is 0.756 bits per heavy atom. The fourth-order valence-electron chi connectivity index (χ4n) is 7.51. The summed E-state index contributed by atoms with van der Waals surface area (Å²) in [4.78, 5) is 32.4. The fraction of sp³-hybridized carbons (Fsp3) is 0.459. The van der Waals surface area contributed by atoms with Crippen molar-refractivity contribution in [2.75, 3.05) is 32.7 Å². The molecule has 0 aliphatic carbocycles. The number of aliphatic hydroxyl groups excluding tert-OH is 1. The molecule has 0 radical (unpaired) electrons. The number of ether oxygens (including phenoxy) is 2. The van der Waals surface area contributed by atoms with Crippen LogP contribution in [0.25, 0.3) is 0 Å². The van der Waals surface area contributed by atoms with Crippen LogP contribution in [0.15, 0.2) is 72.8 Å². The van der Waals surface area contributed by atoms with Crippen molar-refractivity contribution in [2.45, 2.75) is 70.3 Å². The Labute approximate surface area is 265 Å². The Kier molecular flexibility index (Phi) is 8.84. The van der Waals surface area contributed by atoms with E-state index in [1.165, 1.54) is 43.7 Å². The molecule has 0 unspecified atom stereocenters. The van der Waals surface area contributed by atoms with Gasteiger partial charge in [-0.3, -0.25) is 19.4 Å². The van der Waals surface area contributed by atoms with Gasteiger partial charge in [0.2, 0.25) is 0 Å². The van der Waals surface area contributed by atoms with Gasteiger partial charge in [0.25, 0.3) is 11.8 Å². The standard InChI is InChI=1S/C37H43N3O5/c1-25-33(23-39-20-6-7-30(39)22-38-18-4-5-19-38)44-37(45-34(25)28-14-12-27(24-41)13-15-28)29-16-10-26(11-17-29)21-40-35(42)31-8-2-3-9-32(31)36(40)43/h2-3,8-17,25,30,33-34,37,41H,4-7,18-24H2,1H3/t25-,30+,33+,34+,37+/m1/s1. The van der Waals surface area contributed by atoms with Crippen LogP contribution in [0.5, 0.6) is 0 Å². The van der Waals surface area contributed by atoms with E-state index in [0.29, 0.717) is 17.2 Å². The van der Waals surface area contributed by atoms with Crippen LogP contribution in [0.3, 0.4) is 0 Å². The highest BCUT2D eigenvalue weighted by Gasteiger charge is 2.41. The summed E-state index contributed by atoms with van der Waals surface area (Å²) in [5.41, 5.74) is 4.65. The van der Waals surface area contributed by atoms with Crippen molar-refractivity contribution in [3.63, 3.8) is 0 Å². The van der Waals surface area contributed by atoms with Gasteiger partial charge >= 0.3 is 0 Å². The molecular weight excluding hydrogens is 566 g/mol. The SMILES string of the molecule is C[C@@H]1[C@H](CN2CCC[C@H]2CN2CCCC2)O[C@H](c2ccc(CN3C(=O)c4ccccc4C3=O)cc2)O[C@@H]1c1ccc(CO)cc1. The molecule has 0 bridgehead atoms. The third-order valence-electron chi connectivity index (χ3n) is 10.2. The Bertz CT molecular complexity index is 1470. The molecule has 4 aliphatic rings. The Morgan fingerprint density at radius 2 is 1.40 bits per heavy atom. The summed E-state index contributed by atoms with van der Waals surface area (Å²) in [7, 11) is 0. The van der Waals surface area contributed by atoms with Crippen LogP contribution >= 0.6 is 0 Å². The molecule has 4 heterocycles. The average Bonchev–Trinajstić information content (AvgIpc) is 3.81. The van der Waals surface area contributed by atoms with Gasteiger partial charge in [-0.1, -0.05) is 67.6 Å². The summed E-state index contributed by atoms with van der Waals surface area (Å²) in [6.45, 7) is 7.98. The molecule has 4 aliphatic heterocycles. The molecule has 2 amide bonds. The fourth-order valence-corrected chi connectivity index (χ4v) is 7.51. The van der Waals surface area contributed by atoms with E-state index in [-0.39, 0.29) is 43.1 Å². The first-order valence-electron chi connectivity index (χ1n) is 16.5. The average molecular weight is 610 g/mol. The zero-order chi connectivity index (χ0) is 30.9. The van der Waals surface area contributed by atoms with Crippen LogP contribution in [-0.2, 0) is 22.6 Å². The smallest absolute Gasteiger partial charge is 0.261 e. The summed E-state index contributed by atoms with van der Waals surface area (Å²) in [6.07, 6.45) is 4.33. The second-order valence-electron chi connectivity index (χ2n) is 13.1. The summed E-state index contributed by atoms with van der Waals surface area (Å²) in [5.74, 6) is -0.381. The number of rotatable bonds is 9. The minimum absolute atomic E-state index is 0.0101. The lowest BCUT2D eigenvalue weighted by atomic mass is 9.90. The number of aliphatic hydroxyl groups is 1. The van der Waals surface area contributed by atoms with E-state index in [4.69, 9.17) is 9.47 Å². The minimum Gasteiger partial charge on any atom is -0.392 e. The van der Waals surface area contributed by atoms with Gasteiger partial charge in [0.1, 0.15) is 0 Å². The van der Waals surface area contributed by atoms with Crippen molar-refractivity contribution in [3.8, 4) is 0 Å². The second kappa shape index (κ2) is 13.1. The number of imide groups is 1. The van der Waals surface area contributed by atoms with Gasteiger partial charge in [-0.15, -0.1) is 0 Å². The number of nitrogens with zero attached hydrogens (tertiary/aromatic N) is 3. The number of benzene rings is 3. The summed E-state index contributed by atoms with van der Waals surface area (Å²) < 4.78 is 13.5. The summed E-state index contributed by atoms with van der Waals surface area (Å²) in [5, 5.41) is 9.60. The maximum atomic E-state index is 12.9. The number of carbonyl (C=O) groups excluding carboxylic acids is 2. The van der Waals surface area contributed by atoms with Crippen molar-refractivity contribution in [1.29, 1.82) is 0 Å². The van der Waals surface area contributed by atoms with Gasteiger partial charge in [0.15, 0.2) is 6.29 Å². The maximum Gasteiger partial charge on any atom is 0.261 e. The lowest BCUT2D eigenvalue weighted by Crippen LogP contribution is -2.48. The van der Waals surface area contributed by atoms with Crippen molar-refractivity contribution in [2.24, 2.45) is 5.92 Å². The van der Waals surface area contributed by atoms with Gasteiger partial charge in [0.05, 0.1) is 36.5 Å². The molecule has 3 aromatic rings. The lowest BCUT2D eigenvalue weighted by Gasteiger charge is -2.43. The van der Waals surface area contributed by atoms with Gasteiger partial charge in [0, 0.05) is 30.6 Å². The third-order valence-corrected chi connectivity index (χ3v) is 10.2. The molecule has 3 saturated heterocycles. The first-order valence-corrected chi connectivity index (χ1v) is 16.5. The topological polar surface area (TPSA) is 82.6 Å². The molecule has 8 nitrogen and oxygen atoms in total. The molecule has 0 aromatic heterocycles. The van der Waals surface area contributed by atoms with Crippen molar-refractivity contribution in [1.82, 2.24) is 14.7 Å². The van der Waals surface area contributed by atoms with Gasteiger partial charge < -0.3 is 19.5 Å². The van der Waals surface area contributed by atoms with E-state index in [9.17, 15) is 14.7 Å². The van der Waals surface area contributed by atoms with Gasteiger partial charge in [-0.2, -0.15) is 0 Å². The molecule has 8 heteroatoms. The first-order chi connectivity index (χ1) is 22.0. The number of fused-ring (bicyclic) bond motifs is 1. The van der Waals surface area contributed by atoms with Gasteiger partial charge in [-0.05, 0) is 74.1 Å². The second-order valence-corrected chi connectivity index (χ2v) is 13.1. The quantitative estimate of drug-likeness (QED) is 0.329. The lowest BCUT2D eigenvalue weighted by molar-refractivity contribution is -0.276. The Morgan fingerprint density at radius 3 is 2.07 bits per heavy atom. The van der Waals surface area contributed by atoms with Crippen LogP contribution in [0.4, 0.5) is 0 Å². The van der Waals surface area contributed by atoms with E-state index in [1.807, 2.05) is 36.4 Å². The molecular formula is C37H43N3O5. The van der Waals surface area contributed by atoms with E-state index in [0.717, 1.165) is 41.9 Å². The van der Waals surface area contributed by atoms with Crippen LogP contribution in [-0.4, -0.2) is 76.5 Å². The number of hydrogen-bond donors (Lipinski definition) is 1. The normalized spacial score (nSPS) is 27.4. The molecule has 3 fully saturated rings. The first kappa shape index (κ1) is 30.3. The zero-order valence-electron chi connectivity index (χ0n) is 26.0. The van der Waals surface area contributed by atoms with E-state index >= 15 is 0 Å². The van der Waals surface area contributed by atoms with E-state index in [2.05, 4.69) is 28.9 Å². The zero-order valence-corrected chi connectivity index (χ0v) is 26.0. The maximum absolute atomic E-state index is 12.9. The molecule has 0 spiro atoms. The molecule has 7 rings (SSSR count). The van der Waals surface area contributed by atoms with E-state index in [1.54, 1.807) is 24.3 Å². The van der Waals surface area contributed by atoms with E-state index < -0.39 is 6.29 Å². The highest BCUT2D eigenvalue weighted by Crippen LogP contribution is 2.42. The predicted molar refractivity (Wildman–Crippen MR) is 170 cm³/mol. The predicted octanol–water partition coefficient (Wildman–Crippen LogP) is 5.33. The molecule has 5 atom stereocenters. The van der Waals surface area contributed by atoms with Gasteiger partial charge in [-0.25, -0.2) is 0 Å². The number of hydrogen-bond acceptors (Lipinski definition) is 7. The Hall–Kier alpha value is -3.40. The van der Waals surface area contributed by atoms with Crippen LogP contribution < -0.4 is 0 Å². The number of amides is 2. The largest absolute Gasteiger partial charge is 0.392 e. The minimum atomic E-state index is -0.554. The third kappa shape index (κ3) is 6.22. The molecule has 45 heavy (non-hydrogen) atoms. The van der Waals surface area contributed by atoms with Crippen LogP contribution in [0, 0.1) is 5.92 Å². The molecule has 1 N–H and O–H groups in total. The highest BCUT2D eigenvalue weighted by molar-refractivity contribution is 6.21. The highest BCUT2D eigenvalue weighted by atomic mass is 16.7. The number of likely N-dealkylation sites (tertiary alicyclic amines) is 2. The van der Waals surface area contributed by atoms with Crippen molar-refractivity contribution < 1.29 is 24.2 Å². The summed E-state index contributed by atoms with van der Waals surface area (Å²) >= 11 is 0. The van der Waals surface area contributed by atoms with Crippen molar-refractivity contribution >= 4 is 11.8 Å². The molecule has 236 valence electrons. The van der Waals surface area contributed by atoms with Crippen LogP contribution in [0.2, 0.25) is 0 Å². The van der Waals surface area contributed by atoms with Crippen molar-refractivity contribution in [3.05, 3.63) is 106 Å². The monoisotopic (exact) mass is 609 g/mol. The summed E-state index contributed by atoms with van der Waals surface area (Å²) in [6, 6.07) is 23.5.